The Morgan fingerprint density at radius 3 is 2.67 bits per heavy atom. The van der Waals surface area contributed by atoms with Crippen LogP contribution in [0.4, 0.5) is 0 Å². The number of likely N-dealkylation sites (tertiary alicyclic amines) is 1. The summed E-state index contributed by atoms with van der Waals surface area (Å²) in [6, 6.07) is 0. The molecule has 106 valence electrons. The van der Waals surface area contributed by atoms with Crippen LogP contribution in [-0.2, 0) is 4.74 Å². The van der Waals surface area contributed by atoms with Crippen molar-refractivity contribution in [3.05, 3.63) is 0 Å². The summed E-state index contributed by atoms with van der Waals surface area (Å²) in [5.74, 6) is 0. The van der Waals surface area contributed by atoms with E-state index in [2.05, 4.69) is 11.8 Å². The second-order valence-electron chi connectivity index (χ2n) is 6.07. The lowest BCUT2D eigenvalue weighted by Gasteiger charge is -2.49. The van der Waals surface area contributed by atoms with Gasteiger partial charge in [0.05, 0.1) is 6.10 Å². The average Bonchev–Trinajstić information content (AvgIpc) is 2.46. The van der Waals surface area contributed by atoms with E-state index in [4.69, 9.17) is 10.5 Å². The molecular weight excluding hydrogens is 224 g/mol. The van der Waals surface area contributed by atoms with Gasteiger partial charge in [0, 0.05) is 25.2 Å². The first-order valence-electron chi connectivity index (χ1n) is 7.87. The van der Waals surface area contributed by atoms with Gasteiger partial charge in [-0.3, -0.25) is 4.90 Å². The van der Waals surface area contributed by atoms with Crippen LogP contribution in [0.15, 0.2) is 0 Å². The Kier molecular flexibility index (Phi) is 5.46. The van der Waals surface area contributed by atoms with Crippen molar-refractivity contribution >= 4 is 0 Å². The molecule has 1 heterocycles. The molecule has 1 atom stereocenters. The van der Waals surface area contributed by atoms with Gasteiger partial charge >= 0.3 is 0 Å². The number of nitrogens with zero attached hydrogens (tertiary/aromatic N) is 1. The van der Waals surface area contributed by atoms with Crippen LogP contribution in [0, 0.1) is 0 Å². The normalized spacial score (nSPS) is 29.3. The molecule has 1 saturated heterocycles. The number of hydrogen-bond acceptors (Lipinski definition) is 3. The van der Waals surface area contributed by atoms with Crippen LogP contribution in [0.1, 0.15) is 58.3 Å². The predicted octanol–water partition coefficient (Wildman–Crippen LogP) is 2.54. The molecule has 0 amide bonds. The average molecular weight is 254 g/mol. The van der Waals surface area contributed by atoms with Gasteiger partial charge < -0.3 is 10.5 Å². The molecule has 0 bridgehead atoms. The maximum Gasteiger partial charge on any atom is 0.0702 e. The van der Waals surface area contributed by atoms with Crippen molar-refractivity contribution in [2.24, 2.45) is 5.73 Å². The third-order valence-corrected chi connectivity index (χ3v) is 4.77. The zero-order valence-corrected chi connectivity index (χ0v) is 12.0. The Morgan fingerprint density at radius 2 is 2.00 bits per heavy atom. The van der Waals surface area contributed by atoms with E-state index in [0.717, 1.165) is 26.1 Å². The summed E-state index contributed by atoms with van der Waals surface area (Å²) in [7, 11) is 0. The topological polar surface area (TPSA) is 38.5 Å². The summed E-state index contributed by atoms with van der Waals surface area (Å²) in [4.78, 5) is 2.66. The number of hydrogen-bond donors (Lipinski definition) is 1. The molecule has 1 saturated carbocycles. The Bertz CT molecular complexity index is 239. The summed E-state index contributed by atoms with van der Waals surface area (Å²) in [5.41, 5.74) is 6.43. The van der Waals surface area contributed by atoms with Gasteiger partial charge in [-0.15, -0.1) is 0 Å². The van der Waals surface area contributed by atoms with Crippen molar-refractivity contribution in [1.29, 1.82) is 0 Å². The van der Waals surface area contributed by atoms with Crippen molar-refractivity contribution < 1.29 is 4.74 Å². The van der Waals surface area contributed by atoms with E-state index in [1.54, 1.807) is 0 Å². The van der Waals surface area contributed by atoms with Crippen molar-refractivity contribution in [2.75, 3.05) is 26.2 Å². The van der Waals surface area contributed by atoms with Gasteiger partial charge in [-0.05, 0) is 38.6 Å². The quantitative estimate of drug-likeness (QED) is 0.819. The third kappa shape index (κ3) is 3.25. The molecule has 2 aliphatic rings. The molecule has 1 aliphatic carbocycles. The van der Waals surface area contributed by atoms with E-state index < -0.39 is 0 Å². The predicted molar refractivity (Wildman–Crippen MR) is 75.7 cm³/mol. The molecule has 0 aromatic rings. The molecule has 0 aromatic heterocycles. The van der Waals surface area contributed by atoms with E-state index in [0.29, 0.717) is 11.6 Å². The van der Waals surface area contributed by atoms with Crippen LogP contribution in [0.25, 0.3) is 0 Å². The van der Waals surface area contributed by atoms with E-state index in [1.807, 2.05) is 0 Å². The SMILES string of the molecule is CCCOC1CCCN(C2(CN)CCCCC2)C1. The van der Waals surface area contributed by atoms with E-state index in [-0.39, 0.29) is 0 Å². The van der Waals surface area contributed by atoms with Gasteiger partial charge in [0.15, 0.2) is 0 Å². The summed E-state index contributed by atoms with van der Waals surface area (Å²) >= 11 is 0. The lowest BCUT2D eigenvalue weighted by Crippen LogP contribution is -2.59. The minimum absolute atomic E-state index is 0.298. The lowest BCUT2D eigenvalue weighted by atomic mass is 9.79. The van der Waals surface area contributed by atoms with E-state index in [1.165, 1.54) is 51.5 Å². The molecule has 1 aliphatic heterocycles. The minimum atomic E-state index is 0.298. The molecule has 18 heavy (non-hydrogen) atoms. The highest BCUT2D eigenvalue weighted by Crippen LogP contribution is 2.35. The monoisotopic (exact) mass is 254 g/mol. The molecule has 2 rings (SSSR count). The minimum Gasteiger partial charge on any atom is -0.377 e. The van der Waals surface area contributed by atoms with Crippen LogP contribution in [-0.4, -0.2) is 42.8 Å². The van der Waals surface area contributed by atoms with Crippen LogP contribution in [0.3, 0.4) is 0 Å². The summed E-state index contributed by atoms with van der Waals surface area (Å²) in [6.45, 7) is 6.26. The van der Waals surface area contributed by atoms with Gasteiger partial charge in [0.2, 0.25) is 0 Å². The molecule has 2 N–H and O–H groups in total. The highest BCUT2D eigenvalue weighted by Gasteiger charge is 2.38. The first kappa shape index (κ1) is 14.3. The van der Waals surface area contributed by atoms with Crippen LogP contribution < -0.4 is 5.73 Å². The highest BCUT2D eigenvalue weighted by molar-refractivity contribution is 4.96. The van der Waals surface area contributed by atoms with Crippen molar-refractivity contribution in [2.45, 2.75) is 69.9 Å². The maximum atomic E-state index is 6.13. The zero-order valence-electron chi connectivity index (χ0n) is 12.0. The van der Waals surface area contributed by atoms with E-state index in [9.17, 15) is 0 Å². The summed E-state index contributed by atoms with van der Waals surface area (Å²) in [5, 5.41) is 0. The van der Waals surface area contributed by atoms with Gasteiger partial charge in [0.25, 0.3) is 0 Å². The lowest BCUT2D eigenvalue weighted by molar-refractivity contribution is -0.0464. The first-order chi connectivity index (χ1) is 8.80. The Labute approximate surface area is 112 Å². The smallest absolute Gasteiger partial charge is 0.0702 e. The van der Waals surface area contributed by atoms with Crippen molar-refractivity contribution in [3.8, 4) is 0 Å². The Balaban J connectivity index is 1.93. The Hall–Kier alpha value is -0.120. The second kappa shape index (κ2) is 6.88. The molecule has 0 radical (unpaired) electrons. The largest absolute Gasteiger partial charge is 0.377 e. The first-order valence-corrected chi connectivity index (χ1v) is 7.87. The summed E-state index contributed by atoms with van der Waals surface area (Å²) < 4.78 is 5.96. The number of nitrogens with two attached hydrogens (primary N) is 1. The molecular formula is C15H30N2O. The van der Waals surface area contributed by atoms with Gasteiger partial charge in [0.1, 0.15) is 0 Å². The second-order valence-corrected chi connectivity index (χ2v) is 6.07. The van der Waals surface area contributed by atoms with Crippen LogP contribution in [0.2, 0.25) is 0 Å². The van der Waals surface area contributed by atoms with E-state index >= 15 is 0 Å². The van der Waals surface area contributed by atoms with Crippen LogP contribution in [0.5, 0.6) is 0 Å². The third-order valence-electron chi connectivity index (χ3n) is 4.77. The van der Waals surface area contributed by atoms with Gasteiger partial charge in [-0.1, -0.05) is 26.2 Å². The molecule has 0 aromatic carbocycles. The van der Waals surface area contributed by atoms with Gasteiger partial charge in [-0.2, -0.15) is 0 Å². The number of rotatable bonds is 5. The molecule has 2 fully saturated rings. The van der Waals surface area contributed by atoms with Gasteiger partial charge in [-0.25, -0.2) is 0 Å². The molecule has 3 nitrogen and oxygen atoms in total. The fourth-order valence-corrected chi connectivity index (χ4v) is 3.65. The number of piperidine rings is 1. The Morgan fingerprint density at radius 1 is 1.22 bits per heavy atom. The van der Waals surface area contributed by atoms with Crippen molar-refractivity contribution in [1.82, 2.24) is 4.90 Å². The molecule has 3 heteroatoms. The number of ether oxygens (including phenoxy) is 1. The molecule has 1 unspecified atom stereocenters. The summed E-state index contributed by atoms with van der Waals surface area (Å²) in [6.07, 6.45) is 10.8. The van der Waals surface area contributed by atoms with Crippen molar-refractivity contribution in [3.63, 3.8) is 0 Å². The highest BCUT2D eigenvalue weighted by atomic mass is 16.5. The fraction of sp³-hybridized carbons (Fsp3) is 1.00. The zero-order chi connectivity index (χ0) is 12.8. The maximum absolute atomic E-state index is 6.13. The molecule has 0 spiro atoms. The fourth-order valence-electron chi connectivity index (χ4n) is 3.65. The standard InChI is InChI=1S/C15H30N2O/c1-2-11-18-14-7-6-10-17(12-14)15(13-16)8-4-3-5-9-15/h14H,2-13,16H2,1H3. The van der Waals surface area contributed by atoms with Crippen LogP contribution >= 0.6 is 0 Å².